The van der Waals surface area contributed by atoms with Gasteiger partial charge in [0, 0.05) is 12.0 Å². The number of aromatic nitrogens is 2. The Bertz CT molecular complexity index is 540. The predicted molar refractivity (Wildman–Crippen MR) is 83.0 cm³/mol. The summed E-state index contributed by atoms with van der Waals surface area (Å²) in [6.07, 6.45) is 4.08. The van der Waals surface area contributed by atoms with Crippen molar-refractivity contribution in [3.63, 3.8) is 0 Å². The molecule has 4 nitrogen and oxygen atoms in total. The van der Waals surface area contributed by atoms with Crippen LogP contribution in [0.5, 0.6) is 0 Å². The number of ether oxygens (including phenoxy) is 1. The lowest BCUT2D eigenvalue weighted by Gasteiger charge is -2.29. The molecule has 2 rings (SSSR count). The minimum atomic E-state index is -0.408. The van der Waals surface area contributed by atoms with Gasteiger partial charge in [-0.2, -0.15) is 0 Å². The standard InChI is InChI=1S/C15H23BrN2O2/c1-5-20-15(8-6-7-9-15)13-17-11(14(2,3)4)10(16)12(19)18-13/h5-9H2,1-4H3,(H,17,18,19). The SMILES string of the molecule is CCOC1(c2nc(C(C)(C)C)c(Br)c(=O)[nH]2)CCCC1. The van der Waals surface area contributed by atoms with Crippen LogP contribution in [-0.2, 0) is 15.8 Å². The highest BCUT2D eigenvalue weighted by molar-refractivity contribution is 9.10. The molecule has 20 heavy (non-hydrogen) atoms. The number of hydrogen-bond acceptors (Lipinski definition) is 3. The van der Waals surface area contributed by atoms with Crippen molar-refractivity contribution < 1.29 is 4.74 Å². The highest BCUT2D eigenvalue weighted by Crippen LogP contribution is 2.41. The van der Waals surface area contributed by atoms with E-state index in [1.807, 2.05) is 6.92 Å². The fraction of sp³-hybridized carbons (Fsp3) is 0.733. The molecule has 0 unspecified atom stereocenters. The second kappa shape index (κ2) is 5.60. The Kier molecular flexibility index (Phi) is 4.40. The van der Waals surface area contributed by atoms with Gasteiger partial charge in [-0.25, -0.2) is 4.98 Å². The fourth-order valence-electron chi connectivity index (χ4n) is 2.84. The van der Waals surface area contributed by atoms with Crippen LogP contribution in [0, 0.1) is 0 Å². The molecular formula is C15H23BrN2O2. The van der Waals surface area contributed by atoms with E-state index in [1.54, 1.807) is 0 Å². The van der Waals surface area contributed by atoms with Crippen LogP contribution in [0.15, 0.2) is 9.27 Å². The van der Waals surface area contributed by atoms with E-state index in [9.17, 15) is 4.79 Å². The maximum atomic E-state index is 12.2. The van der Waals surface area contributed by atoms with E-state index < -0.39 is 5.60 Å². The molecule has 0 aliphatic heterocycles. The van der Waals surface area contributed by atoms with Gasteiger partial charge in [-0.3, -0.25) is 4.79 Å². The summed E-state index contributed by atoms with van der Waals surface area (Å²) in [5, 5.41) is 0. The van der Waals surface area contributed by atoms with E-state index in [4.69, 9.17) is 9.72 Å². The zero-order valence-electron chi connectivity index (χ0n) is 12.7. The van der Waals surface area contributed by atoms with Crippen LogP contribution < -0.4 is 5.56 Å². The van der Waals surface area contributed by atoms with Gasteiger partial charge in [-0.15, -0.1) is 0 Å². The Balaban J connectivity index is 2.57. The van der Waals surface area contributed by atoms with E-state index in [1.165, 1.54) is 0 Å². The van der Waals surface area contributed by atoms with Crippen LogP contribution in [0.3, 0.4) is 0 Å². The zero-order chi connectivity index (χ0) is 15.0. The predicted octanol–water partition coefficient (Wildman–Crippen LogP) is 3.64. The summed E-state index contributed by atoms with van der Waals surface area (Å²) in [5.41, 5.74) is 0.0794. The first-order chi connectivity index (χ1) is 9.30. The number of H-pyrrole nitrogens is 1. The summed E-state index contributed by atoms with van der Waals surface area (Å²) in [4.78, 5) is 19.9. The highest BCUT2D eigenvalue weighted by atomic mass is 79.9. The largest absolute Gasteiger partial charge is 0.367 e. The van der Waals surface area contributed by atoms with Gasteiger partial charge >= 0.3 is 0 Å². The maximum absolute atomic E-state index is 12.2. The van der Waals surface area contributed by atoms with Crippen molar-refractivity contribution in [2.45, 2.75) is 64.4 Å². The van der Waals surface area contributed by atoms with Gasteiger partial charge in [0.25, 0.3) is 5.56 Å². The lowest BCUT2D eigenvalue weighted by atomic mass is 9.91. The van der Waals surface area contributed by atoms with E-state index in [0.29, 0.717) is 16.9 Å². The zero-order valence-corrected chi connectivity index (χ0v) is 14.3. The van der Waals surface area contributed by atoms with E-state index in [-0.39, 0.29) is 11.0 Å². The molecule has 1 aliphatic rings. The minimum absolute atomic E-state index is 0.120. The molecule has 0 spiro atoms. The second-order valence-corrected chi connectivity index (χ2v) is 7.25. The van der Waals surface area contributed by atoms with Crippen molar-refractivity contribution in [3.05, 3.63) is 26.3 Å². The molecule has 1 saturated carbocycles. The third kappa shape index (κ3) is 2.84. The van der Waals surface area contributed by atoms with Crippen molar-refractivity contribution in [1.29, 1.82) is 0 Å². The first-order valence-corrected chi connectivity index (χ1v) is 8.04. The van der Waals surface area contributed by atoms with Crippen molar-refractivity contribution in [2.24, 2.45) is 0 Å². The smallest absolute Gasteiger partial charge is 0.265 e. The molecule has 1 N–H and O–H groups in total. The number of halogens is 1. The maximum Gasteiger partial charge on any atom is 0.265 e. The third-order valence-electron chi connectivity index (χ3n) is 3.84. The molecule has 0 bridgehead atoms. The molecule has 1 heterocycles. The number of aromatic amines is 1. The topological polar surface area (TPSA) is 55.0 Å². The quantitative estimate of drug-likeness (QED) is 0.912. The fourth-order valence-corrected chi connectivity index (χ4v) is 3.63. The molecule has 0 aromatic carbocycles. The van der Waals surface area contributed by atoms with Crippen molar-refractivity contribution in [1.82, 2.24) is 9.97 Å². The van der Waals surface area contributed by atoms with Crippen molar-refractivity contribution in [2.75, 3.05) is 6.61 Å². The first kappa shape index (κ1) is 15.7. The summed E-state index contributed by atoms with van der Waals surface area (Å²) < 4.78 is 6.52. The summed E-state index contributed by atoms with van der Waals surface area (Å²) in [6.45, 7) is 8.80. The molecule has 0 atom stereocenters. The number of nitrogens with zero attached hydrogens (tertiary/aromatic N) is 1. The van der Waals surface area contributed by atoms with Crippen LogP contribution in [0.2, 0.25) is 0 Å². The van der Waals surface area contributed by atoms with E-state index >= 15 is 0 Å². The molecular weight excluding hydrogens is 320 g/mol. The molecule has 112 valence electrons. The Morgan fingerprint density at radius 3 is 2.45 bits per heavy atom. The highest BCUT2D eigenvalue weighted by Gasteiger charge is 2.40. The molecule has 5 heteroatoms. The molecule has 1 aliphatic carbocycles. The Hall–Kier alpha value is -0.680. The lowest BCUT2D eigenvalue weighted by Crippen LogP contribution is -2.34. The Morgan fingerprint density at radius 1 is 1.35 bits per heavy atom. The number of nitrogens with one attached hydrogen (secondary N) is 1. The monoisotopic (exact) mass is 342 g/mol. The normalized spacial score (nSPS) is 18.4. The van der Waals surface area contributed by atoms with Crippen LogP contribution in [0.1, 0.15) is 64.9 Å². The molecule has 0 saturated heterocycles. The van der Waals surface area contributed by atoms with Crippen molar-refractivity contribution >= 4 is 15.9 Å². The Morgan fingerprint density at radius 2 is 1.95 bits per heavy atom. The van der Waals surface area contributed by atoms with Gasteiger partial charge in [-0.05, 0) is 48.5 Å². The summed E-state index contributed by atoms with van der Waals surface area (Å²) in [7, 11) is 0. The summed E-state index contributed by atoms with van der Waals surface area (Å²) >= 11 is 3.37. The van der Waals surface area contributed by atoms with Gasteiger partial charge in [-0.1, -0.05) is 20.8 Å². The summed E-state index contributed by atoms with van der Waals surface area (Å²) in [6, 6.07) is 0. The second-order valence-electron chi connectivity index (χ2n) is 6.46. The number of rotatable bonds is 3. The van der Waals surface area contributed by atoms with Gasteiger partial charge in [0.15, 0.2) is 0 Å². The average molecular weight is 343 g/mol. The molecule has 0 radical (unpaired) electrons. The first-order valence-electron chi connectivity index (χ1n) is 7.25. The summed E-state index contributed by atoms with van der Waals surface area (Å²) in [5.74, 6) is 0.690. The van der Waals surface area contributed by atoms with Gasteiger partial charge in [0.1, 0.15) is 15.9 Å². The Labute approximate surface area is 128 Å². The van der Waals surface area contributed by atoms with E-state index in [0.717, 1.165) is 31.4 Å². The van der Waals surface area contributed by atoms with Crippen LogP contribution in [-0.4, -0.2) is 16.6 Å². The van der Waals surface area contributed by atoms with Gasteiger partial charge < -0.3 is 9.72 Å². The molecule has 0 amide bonds. The lowest BCUT2D eigenvalue weighted by molar-refractivity contribution is -0.0461. The molecule has 1 fully saturated rings. The van der Waals surface area contributed by atoms with Crippen LogP contribution in [0.4, 0.5) is 0 Å². The van der Waals surface area contributed by atoms with Gasteiger partial charge in [0.05, 0.1) is 5.69 Å². The molecule has 1 aromatic heterocycles. The minimum Gasteiger partial charge on any atom is -0.367 e. The number of hydrogen-bond donors (Lipinski definition) is 1. The average Bonchev–Trinajstić information content (AvgIpc) is 2.81. The van der Waals surface area contributed by atoms with Crippen LogP contribution >= 0.6 is 15.9 Å². The van der Waals surface area contributed by atoms with Gasteiger partial charge in [0.2, 0.25) is 0 Å². The van der Waals surface area contributed by atoms with Crippen LogP contribution in [0.25, 0.3) is 0 Å². The van der Waals surface area contributed by atoms with Crippen molar-refractivity contribution in [3.8, 4) is 0 Å². The third-order valence-corrected chi connectivity index (χ3v) is 4.57. The molecule has 1 aromatic rings. The van der Waals surface area contributed by atoms with E-state index in [2.05, 4.69) is 41.7 Å².